The molecular weight excluding hydrogens is 749 g/mol. The summed E-state index contributed by atoms with van der Waals surface area (Å²) < 4.78 is 72.0. The normalized spacial score (nSPS) is 19.1. The zero-order valence-corrected chi connectivity index (χ0v) is 32.0. The van der Waals surface area contributed by atoms with Crippen LogP contribution in [0.1, 0.15) is 48.8 Å². The van der Waals surface area contributed by atoms with Crippen LogP contribution in [0, 0.1) is 5.92 Å². The van der Waals surface area contributed by atoms with E-state index in [4.69, 9.17) is 23.1 Å². The molecule has 3 aliphatic rings. The van der Waals surface area contributed by atoms with Crippen molar-refractivity contribution in [1.82, 2.24) is 28.6 Å². The van der Waals surface area contributed by atoms with Crippen molar-refractivity contribution in [3.63, 3.8) is 0 Å². The van der Waals surface area contributed by atoms with Gasteiger partial charge in [0.15, 0.2) is 0 Å². The van der Waals surface area contributed by atoms with Crippen molar-refractivity contribution >= 4 is 51.4 Å². The number of amides is 3. The van der Waals surface area contributed by atoms with E-state index in [0.29, 0.717) is 57.4 Å². The molecule has 5 N–H and O–H groups in total. The van der Waals surface area contributed by atoms with Gasteiger partial charge in [-0.15, -0.1) is 0 Å². The molecule has 0 aliphatic carbocycles. The number of nitrogen functional groups attached to an aromatic ring is 2. The first-order chi connectivity index (χ1) is 25.5. The smallest absolute Gasteiger partial charge is 0.399 e. The van der Waals surface area contributed by atoms with Crippen molar-refractivity contribution in [2.45, 2.75) is 63.2 Å². The van der Waals surface area contributed by atoms with E-state index in [1.165, 1.54) is 15.3 Å². The first kappa shape index (κ1) is 41.5. The van der Waals surface area contributed by atoms with E-state index in [9.17, 15) is 36.0 Å². The number of alkyl halides is 3. The van der Waals surface area contributed by atoms with Crippen molar-refractivity contribution in [2.24, 2.45) is 5.92 Å². The van der Waals surface area contributed by atoms with Crippen LogP contribution in [0.25, 0.3) is 0 Å². The van der Waals surface area contributed by atoms with E-state index >= 15 is 0 Å². The molecule has 3 heterocycles. The number of rotatable bonds is 13. The Morgan fingerprint density at radius 1 is 0.981 bits per heavy atom. The van der Waals surface area contributed by atoms with E-state index < -0.39 is 39.5 Å². The zero-order valence-electron chi connectivity index (χ0n) is 30.4. The van der Waals surface area contributed by atoms with Crippen LogP contribution in [0.15, 0.2) is 36.4 Å². The number of carbonyl (C=O) groups excluding carboxylic acids is 3. The molecule has 3 aliphatic heterocycles. The Balaban J connectivity index is 1.24. The molecule has 298 valence electrons. The summed E-state index contributed by atoms with van der Waals surface area (Å²) >= 11 is 6.11. The van der Waals surface area contributed by atoms with Crippen molar-refractivity contribution in [3.8, 4) is 0 Å². The summed E-state index contributed by atoms with van der Waals surface area (Å²) in [6.07, 6.45) is -1.52. The van der Waals surface area contributed by atoms with Crippen LogP contribution in [0.3, 0.4) is 0 Å². The van der Waals surface area contributed by atoms with Gasteiger partial charge in [-0.1, -0.05) is 29.8 Å². The Bertz CT molecular complexity index is 1750. The minimum Gasteiger partial charge on any atom is -0.399 e. The number of likely N-dealkylation sites (tertiary alicyclic amines) is 2. The van der Waals surface area contributed by atoms with Gasteiger partial charge in [0, 0.05) is 70.0 Å². The molecule has 0 saturated carbocycles. The number of piperazine rings is 1. The third kappa shape index (κ3) is 10.6. The van der Waals surface area contributed by atoms with E-state index in [0.717, 1.165) is 31.1 Å². The highest BCUT2D eigenvalue weighted by Gasteiger charge is 2.38. The number of piperidine rings is 2. The van der Waals surface area contributed by atoms with Gasteiger partial charge in [-0.05, 0) is 88.0 Å². The Kier molecular flexibility index (Phi) is 13.7. The maximum Gasteiger partial charge on any atom is 0.418 e. The van der Waals surface area contributed by atoms with Crippen LogP contribution in [0.2, 0.25) is 5.02 Å². The lowest BCUT2D eigenvalue weighted by atomic mass is 9.92. The standard InChI is InChI=1S/C36H50ClF3N8O5S/c1-44-11-7-28(8-12-44)43-54(52,53)48-18-16-46(17-19-48)35(51)27(20-25-21-30(36(38,39)40)34(42)31(37)22-25)23-33(50)45-14-9-29(10-15-45)47(24-49)13-6-26-4-2-3-5-32(26)41/h2-5,21-22,24,27-29,43H,6-20,23,41-42H2,1H3/t27-/m0/s1. The van der Waals surface area contributed by atoms with Crippen LogP contribution in [-0.2, 0) is 43.6 Å². The zero-order chi connectivity index (χ0) is 39.2. The van der Waals surface area contributed by atoms with Crippen LogP contribution in [0.4, 0.5) is 24.5 Å². The van der Waals surface area contributed by atoms with Crippen LogP contribution in [-0.4, -0.2) is 129 Å². The van der Waals surface area contributed by atoms with Gasteiger partial charge < -0.3 is 31.1 Å². The third-order valence-corrected chi connectivity index (χ3v) is 12.8. The van der Waals surface area contributed by atoms with Gasteiger partial charge >= 0.3 is 6.18 Å². The number of carbonyl (C=O) groups is 3. The number of halogens is 4. The Morgan fingerprint density at radius 3 is 2.24 bits per heavy atom. The number of hydrogen-bond acceptors (Lipinski definition) is 8. The number of nitrogens with zero attached hydrogens (tertiary/aromatic N) is 5. The first-order valence-corrected chi connectivity index (χ1v) is 20.1. The van der Waals surface area contributed by atoms with Gasteiger partial charge in [0.05, 0.1) is 22.2 Å². The van der Waals surface area contributed by atoms with Crippen LogP contribution < -0.4 is 16.2 Å². The molecular formula is C36H50ClF3N8O5S. The van der Waals surface area contributed by atoms with Gasteiger partial charge in [-0.25, -0.2) is 0 Å². The molecule has 3 amide bonds. The lowest BCUT2D eigenvalue weighted by Gasteiger charge is -2.38. The van der Waals surface area contributed by atoms with Crippen LogP contribution >= 0.6 is 11.6 Å². The fourth-order valence-corrected chi connectivity index (χ4v) is 9.19. The lowest BCUT2D eigenvalue weighted by Crippen LogP contribution is -2.56. The second-order valence-electron chi connectivity index (χ2n) is 14.5. The molecule has 0 radical (unpaired) electrons. The van der Waals surface area contributed by atoms with Gasteiger partial charge in [0.25, 0.3) is 10.2 Å². The molecule has 3 saturated heterocycles. The second-order valence-corrected chi connectivity index (χ2v) is 16.6. The highest BCUT2D eigenvalue weighted by Crippen LogP contribution is 2.38. The Morgan fingerprint density at radius 2 is 1.63 bits per heavy atom. The lowest BCUT2D eigenvalue weighted by molar-refractivity contribution is -0.143. The molecule has 54 heavy (non-hydrogen) atoms. The minimum atomic E-state index is -4.80. The molecule has 2 aromatic carbocycles. The number of hydrogen-bond donors (Lipinski definition) is 3. The average molecular weight is 799 g/mol. The summed E-state index contributed by atoms with van der Waals surface area (Å²) in [5.74, 6) is -1.87. The molecule has 1 atom stereocenters. The number of benzene rings is 2. The molecule has 0 aromatic heterocycles. The second kappa shape index (κ2) is 17.9. The molecule has 18 heteroatoms. The summed E-state index contributed by atoms with van der Waals surface area (Å²) in [5.41, 5.74) is 11.6. The van der Waals surface area contributed by atoms with Gasteiger partial charge in [0.1, 0.15) is 0 Å². The number of anilines is 2. The van der Waals surface area contributed by atoms with E-state index in [1.807, 2.05) is 25.2 Å². The van der Waals surface area contributed by atoms with Crippen molar-refractivity contribution < 1.29 is 36.0 Å². The Hall–Kier alpha value is -3.64. The number of nitrogens with one attached hydrogen (secondary N) is 1. The molecule has 2 aromatic rings. The maximum absolute atomic E-state index is 14.1. The minimum absolute atomic E-state index is 0.0257. The summed E-state index contributed by atoms with van der Waals surface area (Å²) in [6, 6.07) is 9.29. The Labute approximate surface area is 319 Å². The summed E-state index contributed by atoms with van der Waals surface area (Å²) in [5, 5.41) is -0.315. The average Bonchev–Trinajstić information content (AvgIpc) is 3.14. The molecule has 3 fully saturated rings. The quantitative estimate of drug-likeness (QED) is 0.206. The fraction of sp³-hybridized carbons (Fsp3) is 0.583. The summed E-state index contributed by atoms with van der Waals surface area (Å²) in [4.78, 5) is 46.8. The molecule has 0 unspecified atom stereocenters. The van der Waals surface area contributed by atoms with E-state index in [1.54, 1.807) is 15.9 Å². The monoisotopic (exact) mass is 798 g/mol. The van der Waals surface area contributed by atoms with Crippen molar-refractivity contribution in [2.75, 3.05) is 77.4 Å². The van der Waals surface area contributed by atoms with Gasteiger partial charge in [-0.2, -0.15) is 30.6 Å². The number of para-hydroxylation sites is 1. The topological polar surface area (TPSA) is 166 Å². The van der Waals surface area contributed by atoms with Gasteiger partial charge in [0.2, 0.25) is 18.2 Å². The SMILES string of the molecule is CN1CCC(NS(=O)(=O)N2CCN(C(=O)[C@H](CC(=O)N3CCC(N(C=O)CCc4ccccc4N)CC3)Cc3cc(Cl)c(N)c(C(F)(F)F)c3)CC2)CC1. The van der Waals surface area contributed by atoms with Crippen LogP contribution in [0.5, 0.6) is 0 Å². The summed E-state index contributed by atoms with van der Waals surface area (Å²) in [7, 11) is -1.83. The third-order valence-electron chi connectivity index (χ3n) is 10.8. The van der Waals surface area contributed by atoms with Gasteiger partial charge in [-0.3, -0.25) is 14.4 Å². The largest absolute Gasteiger partial charge is 0.418 e. The highest BCUT2D eigenvalue weighted by atomic mass is 35.5. The predicted molar refractivity (Wildman–Crippen MR) is 200 cm³/mol. The van der Waals surface area contributed by atoms with E-state index in [2.05, 4.69) is 9.62 Å². The molecule has 13 nitrogen and oxygen atoms in total. The van der Waals surface area contributed by atoms with Crippen molar-refractivity contribution in [3.05, 3.63) is 58.1 Å². The first-order valence-electron chi connectivity index (χ1n) is 18.3. The summed E-state index contributed by atoms with van der Waals surface area (Å²) in [6.45, 7) is 2.82. The molecule has 0 bridgehead atoms. The number of nitrogens with two attached hydrogens (primary N) is 2. The molecule has 0 spiro atoms. The predicted octanol–water partition coefficient (Wildman–Crippen LogP) is 2.84. The highest BCUT2D eigenvalue weighted by molar-refractivity contribution is 7.87. The maximum atomic E-state index is 14.1. The van der Waals surface area contributed by atoms with E-state index in [-0.39, 0.29) is 67.6 Å². The fourth-order valence-electron chi connectivity index (χ4n) is 7.50. The molecule has 5 rings (SSSR count). The van der Waals surface area contributed by atoms with Crippen molar-refractivity contribution in [1.29, 1.82) is 0 Å².